The average molecular weight is 310 g/mol. The SMILES string of the molecule is CCc1cccc(C(CC)OC(CC)c2cccc(CC)c2)c1. The van der Waals surface area contributed by atoms with Crippen LogP contribution in [0.25, 0.3) is 0 Å². The van der Waals surface area contributed by atoms with Crippen molar-refractivity contribution in [1.29, 1.82) is 0 Å². The lowest BCUT2D eigenvalue weighted by Gasteiger charge is -2.25. The van der Waals surface area contributed by atoms with E-state index in [1.165, 1.54) is 22.3 Å². The molecule has 0 N–H and O–H groups in total. The molecule has 0 saturated carbocycles. The van der Waals surface area contributed by atoms with Gasteiger partial charge in [0.1, 0.15) is 0 Å². The van der Waals surface area contributed by atoms with Gasteiger partial charge in [0.2, 0.25) is 0 Å². The Labute approximate surface area is 141 Å². The summed E-state index contributed by atoms with van der Waals surface area (Å²) in [5.41, 5.74) is 5.37. The van der Waals surface area contributed by atoms with Gasteiger partial charge in [-0.05, 0) is 47.9 Å². The first-order valence-corrected chi connectivity index (χ1v) is 9.04. The molecule has 0 amide bonds. The van der Waals surface area contributed by atoms with Crippen LogP contribution in [0, 0.1) is 0 Å². The van der Waals surface area contributed by atoms with Crippen molar-refractivity contribution in [1.82, 2.24) is 0 Å². The summed E-state index contributed by atoms with van der Waals surface area (Å²) in [5.74, 6) is 0. The highest BCUT2D eigenvalue weighted by molar-refractivity contribution is 5.27. The van der Waals surface area contributed by atoms with Crippen LogP contribution in [0.15, 0.2) is 48.5 Å². The molecule has 0 heterocycles. The van der Waals surface area contributed by atoms with Gasteiger partial charge in [0.05, 0.1) is 12.2 Å². The molecule has 0 aliphatic heterocycles. The number of aryl methyl sites for hydroxylation is 2. The molecule has 124 valence electrons. The zero-order chi connectivity index (χ0) is 16.7. The molecular formula is C22H30O. The van der Waals surface area contributed by atoms with Gasteiger partial charge < -0.3 is 4.74 Å². The molecule has 0 fully saturated rings. The van der Waals surface area contributed by atoms with Gasteiger partial charge >= 0.3 is 0 Å². The van der Waals surface area contributed by atoms with Crippen molar-refractivity contribution in [3.05, 3.63) is 70.8 Å². The van der Waals surface area contributed by atoms with Gasteiger partial charge in [-0.1, -0.05) is 76.2 Å². The minimum atomic E-state index is 0.164. The smallest absolute Gasteiger partial charge is 0.0830 e. The van der Waals surface area contributed by atoms with Crippen LogP contribution in [-0.4, -0.2) is 0 Å². The van der Waals surface area contributed by atoms with Crippen molar-refractivity contribution in [3.8, 4) is 0 Å². The first-order chi connectivity index (χ1) is 11.2. The Morgan fingerprint density at radius 3 is 1.48 bits per heavy atom. The fraction of sp³-hybridized carbons (Fsp3) is 0.455. The van der Waals surface area contributed by atoms with Crippen molar-refractivity contribution in [2.45, 2.75) is 65.6 Å². The van der Waals surface area contributed by atoms with Crippen molar-refractivity contribution in [3.63, 3.8) is 0 Å². The van der Waals surface area contributed by atoms with E-state index in [1.54, 1.807) is 0 Å². The van der Waals surface area contributed by atoms with Crippen LogP contribution in [0.2, 0.25) is 0 Å². The second-order valence-corrected chi connectivity index (χ2v) is 6.13. The summed E-state index contributed by atoms with van der Waals surface area (Å²) in [5, 5.41) is 0. The fourth-order valence-corrected chi connectivity index (χ4v) is 3.05. The second-order valence-electron chi connectivity index (χ2n) is 6.13. The molecule has 0 spiro atoms. The normalized spacial score (nSPS) is 13.7. The Kier molecular flexibility index (Phi) is 6.85. The van der Waals surface area contributed by atoms with Gasteiger partial charge in [-0.3, -0.25) is 0 Å². The van der Waals surface area contributed by atoms with Gasteiger partial charge in [-0.2, -0.15) is 0 Å². The molecule has 0 aliphatic carbocycles. The summed E-state index contributed by atoms with van der Waals surface area (Å²) >= 11 is 0. The van der Waals surface area contributed by atoms with Crippen molar-refractivity contribution >= 4 is 0 Å². The first-order valence-electron chi connectivity index (χ1n) is 9.04. The summed E-state index contributed by atoms with van der Waals surface area (Å²) in [6.45, 7) is 8.81. The maximum Gasteiger partial charge on any atom is 0.0830 e. The fourth-order valence-electron chi connectivity index (χ4n) is 3.05. The molecule has 2 atom stereocenters. The summed E-state index contributed by atoms with van der Waals surface area (Å²) < 4.78 is 6.52. The van der Waals surface area contributed by atoms with Crippen molar-refractivity contribution in [2.24, 2.45) is 0 Å². The largest absolute Gasteiger partial charge is 0.366 e. The zero-order valence-corrected chi connectivity index (χ0v) is 15.0. The van der Waals surface area contributed by atoms with Crippen LogP contribution in [-0.2, 0) is 17.6 Å². The van der Waals surface area contributed by atoms with Crippen LogP contribution in [0.1, 0.15) is 75.0 Å². The highest BCUT2D eigenvalue weighted by Crippen LogP contribution is 2.32. The van der Waals surface area contributed by atoms with E-state index in [0.29, 0.717) is 0 Å². The molecule has 0 aromatic heterocycles. The van der Waals surface area contributed by atoms with E-state index in [0.717, 1.165) is 25.7 Å². The van der Waals surface area contributed by atoms with E-state index in [4.69, 9.17) is 4.74 Å². The lowest BCUT2D eigenvalue weighted by Crippen LogP contribution is -2.10. The monoisotopic (exact) mass is 310 g/mol. The van der Waals surface area contributed by atoms with E-state index >= 15 is 0 Å². The quantitative estimate of drug-likeness (QED) is 0.546. The number of benzene rings is 2. The molecule has 1 heteroatoms. The topological polar surface area (TPSA) is 9.23 Å². The highest BCUT2D eigenvalue weighted by atomic mass is 16.5. The maximum absolute atomic E-state index is 6.52. The van der Waals surface area contributed by atoms with E-state index in [9.17, 15) is 0 Å². The second kappa shape index (κ2) is 8.88. The zero-order valence-electron chi connectivity index (χ0n) is 15.0. The maximum atomic E-state index is 6.52. The molecule has 0 aliphatic rings. The number of hydrogen-bond donors (Lipinski definition) is 0. The Bertz CT molecular complexity index is 549. The van der Waals surface area contributed by atoms with Gasteiger partial charge in [-0.25, -0.2) is 0 Å². The van der Waals surface area contributed by atoms with E-state index < -0.39 is 0 Å². The standard InChI is InChI=1S/C22H30O/c1-5-17-11-9-13-19(15-17)21(7-3)23-22(8-4)20-14-10-12-18(6-2)16-20/h9-16,21-22H,5-8H2,1-4H3. The van der Waals surface area contributed by atoms with Crippen LogP contribution in [0.4, 0.5) is 0 Å². The predicted molar refractivity (Wildman–Crippen MR) is 98.8 cm³/mol. The van der Waals surface area contributed by atoms with Gasteiger partial charge in [0.25, 0.3) is 0 Å². The summed E-state index contributed by atoms with van der Waals surface area (Å²) in [4.78, 5) is 0. The van der Waals surface area contributed by atoms with Crippen LogP contribution >= 0.6 is 0 Å². The lowest BCUT2D eigenvalue weighted by atomic mass is 10.0. The molecule has 2 unspecified atom stereocenters. The van der Waals surface area contributed by atoms with Crippen LogP contribution < -0.4 is 0 Å². The number of hydrogen-bond acceptors (Lipinski definition) is 1. The third-order valence-electron chi connectivity index (χ3n) is 4.53. The minimum absolute atomic E-state index is 0.164. The molecule has 0 bridgehead atoms. The summed E-state index contributed by atoms with van der Waals surface area (Å²) in [6, 6.07) is 17.7. The van der Waals surface area contributed by atoms with Gasteiger partial charge in [0, 0.05) is 0 Å². The van der Waals surface area contributed by atoms with Crippen LogP contribution in [0.3, 0.4) is 0 Å². The molecule has 2 aromatic carbocycles. The van der Waals surface area contributed by atoms with E-state index in [2.05, 4.69) is 76.2 Å². The molecule has 23 heavy (non-hydrogen) atoms. The number of ether oxygens (including phenoxy) is 1. The minimum Gasteiger partial charge on any atom is -0.366 e. The predicted octanol–water partition coefficient (Wildman–Crippen LogP) is 6.43. The third-order valence-corrected chi connectivity index (χ3v) is 4.53. The molecule has 2 rings (SSSR count). The summed E-state index contributed by atoms with van der Waals surface area (Å²) in [7, 11) is 0. The summed E-state index contributed by atoms with van der Waals surface area (Å²) in [6.07, 6.45) is 4.46. The molecule has 2 aromatic rings. The Balaban J connectivity index is 2.20. The van der Waals surface area contributed by atoms with Gasteiger partial charge in [0.15, 0.2) is 0 Å². The molecule has 1 nitrogen and oxygen atoms in total. The molecule has 0 radical (unpaired) electrons. The molecular weight excluding hydrogens is 280 g/mol. The third kappa shape index (κ3) is 4.68. The van der Waals surface area contributed by atoms with Gasteiger partial charge in [-0.15, -0.1) is 0 Å². The number of rotatable bonds is 8. The lowest BCUT2D eigenvalue weighted by molar-refractivity contribution is -0.0192. The van der Waals surface area contributed by atoms with E-state index in [-0.39, 0.29) is 12.2 Å². The Morgan fingerprint density at radius 2 is 1.13 bits per heavy atom. The van der Waals surface area contributed by atoms with Crippen molar-refractivity contribution < 1.29 is 4.74 Å². The molecule has 0 saturated heterocycles. The van der Waals surface area contributed by atoms with Crippen LogP contribution in [0.5, 0.6) is 0 Å². The Hall–Kier alpha value is -1.60. The van der Waals surface area contributed by atoms with E-state index in [1.807, 2.05) is 0 Å². The highest BCUT2D eigenvalue weighted by Gasteiger charge is 2.18. The van der Waals surface area contributed by atoms with Crippen molar-refractivity contribution in [2.75, 3.05) is 0 Å². The first kappa shape index (κ1) is 17.7. The average Bonchev–Trinajstić information content (AvgIpc) is 2.62. The Morgan fingerprint density at radius 1 is 0.696 bits per heavy atom.